The Bertz CT molecular complexity index is 612. The number of nitrogens with zero attached hydrogens (tertiary/aromatic N) is 2. The maximum absolute atomic E-state index is 5.25. The van der Waals surface area contributed by atoms with Gasteiger partial charge in [0, 0.05) is 46.1 Å². The van der Waals surface area contributed by atoms with Crippen LogP contribution in [0.1, 0.15) is 50.6 Å². The van der Waals surface area contributed by atoms with Gasteiger partial charge in [0.15, 0.2) is 5.96 Å². The maximum Gasteiger partial charge on any atom is 0.191 e. The van der Waals surface area contributed by atoms with Gasteiger partial charge in [-0.2, -0.15) is 0 Å². The van der Waals surface area contributed by atoms with Crippen molar-refractivity contribution in [2.24, 2.45) is 10.4 Å². The van der Waals surface area contributed by atoms with E-state index in [2.05, 4.69) is 51.7 Å². The molecule has 1 saturated carbocycles. The number of guanidine groups is 1. The second kappa shape index (κ2) is 10.5. The summed E-state index contributed by atoms with van der Waals surface area (Å²) in [6, 6.07) is 9.13. The van der Waals surface area contributed by atoms with Crippen molar-refractivity contribution in [3.63, 3.8) is 0 Å². The van der Waals surface area contributed by atoms with E-state index in [4.69, 9.17) is 4.74 Å². The Morgan fingerprint density at radius 1 is 1.30 bits per heavy atom. The molecule has 2 aliphatic rings. The van der Waals surface area contributed by atoms with E-state index in [9.17, 15) is 0 Å². The number of aliphatic imine (C=N–C) groups is 1. The number of hydrogen-bond donors (Lipinski definition) is 2. The van der Waals surface area contributed by atoms with Gasteiger partial charge in [0.05, 0.1) is 6.04 Å². The molecule has 0 spiro atoms. The Hall–Kier alpha value is -1.02. The van der Waals surface area contributed by atoms with Gasteiger partial charge in [-0.25, -0.2) is 0 Å². The number of methoxy groups -OCH3 is 1. The van der Waals surface area contributed by atoms with Gasteiger partial charge in [0.25, 0.3) is 0 Å². The van der Waals surface area contributed by atoms with E-state index < -0.39 is 0 Å². The average Bonchev–Trinajstić information content (AvgIpc) is 3.22. The van der Waals surface area contributed by atoms with Crippen LogP contribution in [-0.2, 0) is 4.74 Å². The molecular weight excluding hydrogens is 451 g/mol. The van der Waals surface area contributed by atoms with Crippen LogP contribution in [0, 0.1) is 5.41 Å². The molecule has 1 atom stereocenters. The van der Waals surface area contributed by atoms with Crippen LogP contribution < -0.4 is 15.5 Å². The Morgan fingerprint density at radius 3 is 2.67 bits per heavy atom. The molecule has 2 N–H and O–H groups in total. The van der Waals surface area contributed by atoms with Crippen molar-refractivity contribution in [2.75, 3.05) is 45.3 Å². The summed E-state index contributed by atoms with van der Waals surface area (Å²) in [4.78, 5) is 6.90. The molecule has 1 aliphatic heterocycles. The zero-order valence-electron chi connectivity index (χ0n) is 17.0. The number of ether oxygens (including phenoxy) is 1. The highest BCUT2D eigenvalue weighted by atomic mass is 127. The first-order valence-corrected chi connectivity index (χ1v) is 9.97. The molecule has 0 aromatic heterocycles. The molecule has 3 rings (SSSR count). The van der Waals surface area contributed by atoms with E-state index in [0.717, 1.165) is 25.5 Å². The third-order valence-electron chi connectivity index (χ3n) is 5.84. The van der Waals surface area contributed by atoms with Crippen molar-refractivity contribution in [3.8, 4) is 0 Å². The van der Waals surface area contributed by atoms with Gasteiger partial charge >= 0.3 is 0 Å². The molecule has 1 heterocycles. The topological polar surface area (TPSA) is 48.9 Å². The average molecular weight is 486 g/mol. The van der Waals surface area contributed by atoms with Crippen LogP contribution in [0.15, 0.2) is 29.3 Å². The summed E-state index contributed by atoms with van der Waals surface area (Å²) in [5, 5.41) is 7.07. The van der Waals surface area contributed by atoms with Crippen LogP contribution in [0.25, 0.3) is 0 Å². The second-order valence-corrected chi connectivity index (χ2v) is 7.82. The van der Waals surface area contributed by atoms with Crippen molar-refractivity contribution in [3.05, 3.63) is 29.8 Å². The molecule has 27 heavy (non-hydrogen) atoms. The Kier molecular flexibility index (Phi) is 8.66. The van der Waals surface area contributed by atoms with Gasteiger partial charge in [-0.3, -0.25) is 4.99 Å². The minimum atomic E-state index is 0. The number of nitrogens with one attached hydrogen (secondary N) is 2. The molecule has 1 unspecified atom stereocenters. The van der Waals surface area contributed by atoms with Crippen LogP contribution in [0.5, 0.6) is 0 Å². The standard InChI is InChI=1S/C21H34N4O.HI/c1-17(18-7-6-8-19(15-18)25-12-4-5-13-25)24-20(22-2)23-16-21(9-10-21)11-14-26-3;/h6-8,15,17H,4-5,9-14,16H2,1-3H3,(H2,22,23,24);1H. The van der Waals surface area contributed by atoms with Gasteiger partial charge in [0.2, 0.25) is 0 Å². The number of rotatable bonds is 8. The fourth-order valence-corrected chi connectivity index (χ4v) is 3.73. The lowest BCUT2D eigenvalue weighted by molar-refractivity contribution is 0.172. The van der Waals surface area contributed by atoms with Gasteiger partial charge in [0.1, 0.15) is 0 Å². The minimum absolute atomic E-state index is 0. The monoisotopic (exact) mass is 486 g/mol. The zero-order chi connectivity index (χ0) is 18.4. The highest BCUT2D eigenvalue weighted by Gasteiger charge is 2.41. The SMILES string of the molecule is CN=C(NCC1(CCOC)CC1)NC(C)c1cccc(N2CCCC2)c1.I. The lowest BCUT2D eigenvalue weighted by Crippen LogP contribution is -2.41. The van der Waals surface area contributed by atoms with Crippen LogP contribution in [0.3, 0.4) is 0 Å². The Balaban J connectivity index is 0.00000261. The first-order valence-electron chi connectivity index (χ1n) is 9.97. The summed E-state index contributed by atoms with van der Waals surface area (Å²) in [5.74, 6) is 0.882. The van der Waals surface area contributed by atoms with E-state index in [1.165, 1.54) is 50.0 Å². The lowest BCUT2D eigenvalue weighted by atomic mass is 10.0. The molecule has 5 nitrogen and oxygen atoms in total. The molecule has 152 valence electrons. The number of halogens is 1. The van der Waals surface area contributed by atoms with E-state index >= 15 is 0 Å². The molecular formula is C21H35IN4O. The summed E-state index contributed by atoms with van der Waals surface area (Å²) in [6.45, 7) is 6.37. The second-order valence-electron chi connectivity index (χ2n) is 7.82. The highest BCUT2D eigenvalue weighted by molar-refractivity contribution is 14.0. The Morgan fingerprint density at radius 2 is 2.04 bits per heavy atom. The largest absolute Gasteiger partial charge is 0.385 e. The fraction of sp³-hybridized carbons (Fsp3) is 0.667. The van der Waals surface area contributed by atoms with Gasteiger partial charge in [-0.1, -0.05) is 12.1 Å². The van der Waals surface area contributed by atoms with Gasteiger partial charge in [-0.05, 0) is 62.1 Å². The number of anilines is 1. The molecule has 1 aromatic carbocycles. The predicted molar refractivity (Wildman–Crippen MR) is 124 cm³/mol. The van der Waals surface area contributed by atoms with Crippen LogP contribution in [-0.4, -0.2) is 46.4 Å². The van der Waals surface area contributed by atoms with Gasteiger partial charge in [-0.15, -0.1) is 24.0 Å². The first kappa shape index (κ1) is 22.3. The zero-order valence-corrected chi connectivity index (χ0v) is 19.3. The fourth-order valence-electron chi connectivity index (χ4n) is 3.73. The van der Waals surface area contributed by atoms with E-state index in [1.807, 2.05) is 7.05 Å². The quantitative estimate of drug-likeness (QED) is 0.332. The lowest BCUT2D eigenvalue weighted by Gasteiger charge is -2.23. The Labute approximate surface area is 181 Å². The third-order valence-corrected chi connectivity index (χ3v) is 5.84. The van der Waals surface area contributed by atoms with Gasteiger partial charge < -0.3 is 20.3 Å². The molecule has 1 saturated heterocycles. The van der Waals surface area contributed by atoms with E-state index in [0.29, 0.717) is 5.41 Å². The summed E-state index contributed by atoms with van der Waals surface area (Å²) in [6.07, 6.45) is 6.31. The normalized spacial score (nSPS) is 19.4. The van der Waals surface area contributed by atoms with Crippen LogP contribution >= 0.6 is 24.0 Å². The smallest absolute Gasteiger partial charge is 0.191 e. The van der Waals surface area contributed by atoms with E-state index in [-0.39, 0.29) is 30.0 Å². The molecule has 1 aromatic rings. The van der Waals surface area contributed by atoms with Crippen molar-refractivity contribution < 1.29 is 4.74 Å². The highest BCUT2D eigenvalue weighted by Crippen LogP contribution is 2.48. The van der Waals surface area contributed by atoms with Crippen LogP contribution in [0.2, 0.25) is 0 Å². The molecule has 0 amide bonds. The van der Waals surface area contributed by atoms with Crippen LogP contribution in [0.4, 0.5) is 5.69 Å². The maximum atomic E-state index is 5.25. The summed E-state index contributed by atoms with van der Waals surface area (Å²) >= 11 is 0. The number of hydrogen-bond acceptors (Lipinski definition) is 3. The predicted octanol–water partition coefficient (Wildman–Crippen LogP) is 3.95. The van der Waals surface area contributed by atoms with Crippen molar-refractivity contribution in [1.29, 1.82) is 0 Å². The molecule has 2 fully saturated rings. The molecule has 6 heteroatoms. The van der Waals surface area contributed by atoms with Crippen molar-refractivity contribution in [1.82, 2.24) is 10.6 Å². The number of benzene rings is 1. The summed E-state index contributed by atoms with van der Waals surface area (Å²) in [5.41, 5.74) is 3.05. The molecule has 1 aliphatic carbocycles. The summed E-state index contributed by atoms with van der Waals surface area (Å²) in [7, 11) is 3.62. The molecule has 0 bridgehead atoms. The van der Waals surface area contributed by atoms with E-state index in [1.54, 1.807) is 7.11 Å². The third kappa shape index (κ3) is 6.24. The van der Waals surface area contributed by atoms with Crippen molar-refractivity contribution in [2.45, 2.75) is 45.1 Å². The van der Waals surface area contributed by atoms with Crippen molar-refractivity contribution >= 4 is 35.6 Å². The summed E-state index contributed by atoms with van der Waals surface area (Å²) < 4.78 is 5.25. The first-order chi connectivity index (χ1) is 12.7. The molecule has 0 radical (unpaired) electrons. The minimum Gasteiger partial charge on any atom is -0.385 e.